The van der Waals surface area contributed by atoms with Crippen LogP contribution in [0, 0.1) is 11.8 Å². The van der Waals surface area contributed by atoms with Crippen LogP contribution in [-0.2, 0) is 4.79 Å². The Kier molecular flexibility index (Phi) is 4.48. The minimum Gasteiger partial charge on any atom is -0.497 e. The number of ether oxygens (including phenoxy) is 1. The normalized spacial score (nSPS) is 22.8. The molecule has 0 fully saturated rings. The lowest BCUT2D eigenvalue weighted by molar-refractivity contribution is -0.143. The Morgan fingerprint density at radius 1 is 1.35 bits per heavy atom. The van der Waals surface area contributed by atoms with Crippen molar-refractivity contribution in [3.8, 4) is 5.75 Å². The van der Waals surface area contributed by atoms with Crippen molar-refractivity contribution < 1.29 is 14.6 Å². The number of carbonyl (C=O) groups is 1. The molecule has 108 valence electrons. The zero-order valence-electron chi connectivity index (χ0n) is 12.3. The summed E-state index contributed by atoms with van der Waals surface area (Å²) in [5.74, 6) is 0.0483. The van der Waals surface area contributed by atoms with Gasteiger partial charge < -0.3 is 9.84 Å². The molecule has 0 aliphatic heterocycles. The van der Waals surface area contributed by atoms with E-state index in [-0.39, 0.29) is 11.8 Å². The van der Waals surface area contributed by atoms with E-state index >= 15 is 0 Å². The van der Waals surface area contributed by atoms with Crippen molar-refractivity contribution in [2.45, 2.75) is 33.1 Å². The second kappa shape index (κ2) is 6.12. The maximum Gasteiger partial charge on any atom is 0.307 e. The van der Waals surface area contributed by atoms with E-state index in [1.54, 1.807) is 7.11 Å². The number of aliphatic carboxylic acids is 1. The summed E-state index contributed by atoms with van der Waals surface area (Å²) in [7, 11) is 1.66. The van der Waals surface area contributed by atoms with E-state index in [1.165, 1.54) is 16.7 Å². The standard InChI is InChI=1S/C17H22O3/c1-4-14-11(2)15(17(18)19)9-10-16(14)12-5-7-13(20-3)8-6-12/h5-8,11,15H,4,9-10H2,1-3H3,(H,18,19)/t11-,15+/m0/s1. The molecule has 0 aromatic heterocycles. The smallest absolute Gasteiger partial charge is 0.307 e. The van der Waals surface area contributed by atoms with Gasteiger partial charge in [-0.05, 0) is 48.4 Å². The van der Waals surface area contributed by atoms with Gasteiger partial charge in [-0.15, -0.1) is 0 Å². The average Bonchev–Trinajstić information content (AvgIpc) is 2.46. The first kappa shape index (κ1) is 14.6. The van der Waals surface area contributed by atoms with Crippen LogP contribution in [0.1, 0.15) is 38.7 Å². The fourth-order valence-electron chi connectivity index (χ4n) is 3.22. The minimum absolute atomic E-state index is 0.114. The molecule has 0 radical (unpaired) electrons. The molecule has 1 aromatic carbocycles. The van der Waals surface area contributed by atoms with Crippen molar-refractivity contribution in [1.82, 2.24) is 0 Å². The summed E-state index contributed by atoms with van der Waals surface area (Å²) in [6, 6.07) is 8.06. The lowest BCUT2D eigenvalue weighted by atomic mass is 9.73. The van der Waals surface area contributed by atoms with Crippen LogP contribution in [-0.4, -0.2) is 18.2 Å². The summed E-state index contributed by atoms with van der Waals surface area (Å²) in [5, 5.41) is 9.31. The van der Waals surface area contributed by atoms with Crippen LogP contribution in [0.5, 0.6) is 5.75 Å². The predicted octanol–water partition coefficient (Wildman–Crippen LogP) is 3.99. The summed E-state index contributed by atoms with van der Waals surface area (Å²) >= 11 is 0. The van der Waals surface area contributed by atoms with Crippen LogP contribution in [0.4, 0.5) is 0 Å². The number of rotatable bonds is 4. The van der Waals surface area contributed by atoms with Gasteiger partial charge in [0, 0.05) is 0 Å². The molecule has 0 amide bonds. The molecule has 3 heteroatoms. The van der Waals surface area contributed by atoms with E-state index in [0.717, 1.165) is 25.0 Å². The quantitative estimate of drug-likeness (QED) is 0.903. The van der Waals surface area contributed by atoms with Gasteiger partial charge in [-0.25, -0.2) is 0 Å². The number of benzene rings is 1. The Bertz CT molecular complexity index is 514. The lowest BCUT2D eigenvalue weighted by Crippen LogP contribution is -2.27. The molecule has 0 unspecified atom stereocenters. The van der Waals surface area contributed by atoms with Gasteiger partial charge in [-0.3, -0.25) is 4.79 Å². The first-order valence-electron chi connectivity index (χ1n) is 7.17. The zero-order valence-corrected chi connectivity index (χ0v) is 12.3. The molecule has 1 N–H and O–H groups in total. The summed E-state index contributed by atoms with van der Waals surface area (Å²) in [4.78, 5) is 11.3. The maximum atomic E-state index is 11.3. The molecule has 1 aliphatic rings. The van der Waals surface area contributed by atoms with Gasteiger partial charge in [0.2, 0.25) is 0 Å². The number of hydrogen-bond donors (Lipinski definition) is 1. The molecular weight excluding hydrogens is 252 g/mol. The fraction of sp³-hybridized carbons (Fsp3) is 0.471. The SMILES string of the molecule is CCC1=C(c2ccc(OC)cc2)CC[C@@H](C(=O)O)[C@H]1C. The molecular formula is C17H22O3. The fourth-order valence-corrected chi connectivity index (χ4v) is 3.22. The Morgan fingerprint density at radius 2 is 2.00 bits per heavy atom. The highest BCUT2D eigenvalue weighted by atomic mass is 16.5. The number of methoxy groups -OCH3 is 1. The molecule has 20 heavy (non-hydrogen) atoms. The largest absolute Gasteiger partial charge is 0.497 e. The van der Waals surface area contributed by atoms with Gasteiger partial charge in [0.15, 0.2) is 0 Å². The Hall–Kier alpha value is -1.77. The van der Waals surface area contributed by atoms with E-state index in [0.29, 0.717) is 0 Å². The molecule has 0 saturated heterocycles. The van der Waals surface area contributed by atoms with Gasteiger partial charge in [0.05, 0.1) is 13.0 Å². The highest BCUT2D eigenvalue weighted by Gasteiger charge is 2.32. The number of allylic oxidation sites excluding steroid dienone is 2. The molecule has 0 heterocycles. The Labute approximate surface area is 120 Å². The van der Waals surface area contributed by atoms with E-state index in [2.05, 4.69) is 19.1 Å². The summed E-state index contributed by atoms with van der Waals surface area (Å²) in [5.41, 5.74) is 3.80. The molecule has 2 atom stereocenters. The zero-order chi connectivity index (χ0) is 14.7. The molecule has 3 nitrogen and oxygen atoms in total. The predicted molar refractivity (Wildman–Crippen MR) is 79.7 cm³/mol. The highest BCUT2D eigenvalue weighted by Crippen LogP contribution is 2.41. The number of hydrogen-bond acceptors (Lipinski definition) is 2. The third-order valence-electron chi connectivity index (χ3n) is 4.38. The first-order chi connectivity index (χ1) is 9.58. The summed E-state index contributed by atoms with van der Waals surface area (Å²) in [6.07, 6.45) is 2.48. The van der Waals surface area contributed by atoms with E-state index in [4.69, 9.17) is 4.74 Å². The molecule has 0 saturated carbocycles. The molecule has 1 aromatic rings. The van der Waals surface area contributed by atoms with Crippen molar-refractivity contribution in [2.75, 3.05) is 7.11 Å². The van der Waals surface area contributed by atoms with Gasteiger partial charge in [-0.2, -0.15) is 0 Å². The van der Waals surface area contributed by atoms with E-state index < -0.39 is 5.97 Å². The lowest BCUT2D eigenvalue weighted by Gasteiger charge is -2.31. The van der Waals surface area contributed by atoms with Crippen molar-refractivity contribution in [3.05, 3.63) is 35.4 Å². The van der Waals surface area contributed by atoms with Crippen molar-refractivity contribution in [3.63, 3.8) is 0 Å². The number of carboxylic acids is 1. The Morgan fingerprint density at radius 3 is 2.50 bits per heavy atom. The van der Waals surface area contributed by atoms with E-state index in [9.17, 15) is 9.90 Å². The van der Waals surface area contributed by atoms with Gasteiger partial charge >= 0.3 is 5.97 Å². The third-order valence-corrected chi connectivity index (χ3v) is 4.38. The summed E-state index contributed by atoms with van der Waals surface area (Å²) in [6.45, 7) is 4.15. The van der Waals surface area contributed by atoms with Crippen LogP contribution in [0.25, 0.3) is 5.57 Å². The minimum atomic E-state index is -0.669. The van der Waals surface area contributed by atoms with Gasteiger partial charge in [0.1, 0.15) is 5.75 Å². The van der Waals surface area contributed by atoms with Crippen LogP contribution >= 0.6 is 0 Å². The Balaban J connectivity index is 2.37. The highest BCUT2D eigenvalue weighted by molar-refractivity contribution is 5.76. The van der Waals surface area contributed by atoms with Gasteiger partial charge in [0.25, 0.3) is 0 Å². The maximum absolute atomic E-state index is 11.3. The second-order valence-corrected chi connectivity index (χ2v) is 5.36. The molecule has 0 bridgehead atoms. The topological polar surface area (TPSA) is 46.5 Å². The first-order valence-corrected chi connectivity index (χ1v) is 7.17. The molecule has 2 rings (SSSR count). The van der Waals surface area contributed by atoms with Crippen LogP contribution < -0.4 is 4.74 Å². The monoisotopic (exact) mass is 274 g/mol. The van der Waals surface area contributed by atoms with Crippen LogP contribution in [0.2, 0.25) is 0 Å². The number of carboxylic acid groups (broad SMARTS) is 1. The van der Waals surface area contributed by atoms with Crippen molar-refractivity contribution in [1.29, 1.82) is 0 Å². The third kappa shape index (κ3) is 2.72. The van der Waals surface area contributed by atoms with Gasteiger partial charge in [-0.1, -0.05) is 31.6 Å². The molecule has 0 spiro atoms. The van der Waals surface area contributed by atoms with E-state index in [1.807, 2.05) is 19.1 Å². The molecule has 1 aliphatic carbocycles. The van der Waals surface area contributed by atoms with Crippen molar-refractivity contribution in [2.24, 2.45) is 11.8 Å². The van der Waals surface area contributed by atoms with Crippen molar-refractivity contribution >= 4 is 11.5 Å². The summed E-state index contributed by atoms with van der Waals surface area (Å²) < 4.78 is 5.19. The average molecular weight is 274 g/mol. The van der Waals surface area contributed by atoms with Crippen LogP contribution in [0.3, 0.4) is 0 Å². The van der Waals surface area contributed by atoms with Crippen LogP contribution in [0.15, 0.2) is 29.8 Å². The second-order valence-electron chi connectivity index (χ2n) is 5.36.